The van der Waals surface area contributed by atoms with Gasteiger partial charge in [-0.25, -0.2) is 4.99 Å². The zero-order valence-corrected chi connectivity index (χ0v) is 5.81. The van der Waals surface area contributed by atoms with Crippen LogP contribution in [0.15, 0.2) is 4.99 Å². The van der Waals surface area contributed by atoms with E-state index in [4.69, 9.17) is 11.5 Å². The predicted molar refractivity (Wildman–Crippen MR) is 40.3 cm³/mol. The molecular weight excluding hydrogens is 152 g/mol. The summed E-state index contributed by atoms with van der Waals surface area (Å²) in [6.07, 6.45) is 0. The number of carbonyl (C=O) groups excluding carboxylic acids is 1. The van der Waals surface area contributed by atoms with Gasteiger partial charge in [0.05, 0.1) is 0 Å². The quantitative estimate of drug-likeness (QED) is 0.358. The zero-order chi connectivity index (χ0) is 7.72. The summed E-state index contributed by atoms with van der Waals surface area (Å²) >= 11 is 4.56. The second-order valence-corrected chi connectivity index (χ2v) is 2.20. The second-order valence-electron chi connectivity index (χ2n) is 1.81. The standard InChI is InChI=1S/C4H6N4OS/c5-1-2(6)7-4(10)8-3(1)9/h1H,5H2,(H3,6,7,8,9,10). The number of nitrogens with one attached hydrogen (secondary N) is 1. The third-order valence-corrected chi connectivity index (χ3v) is 1.26. The van der Waals surface area contributed by atoms with Crippen LogP contribution in [0.1, 0.15) is 0 Å². The topological polar surface area (TPSA) is 93.5 Å². The summed E-state index contributed by atoms with van der Waals surface area (Å²) < 4.78 is 0. The molecule has 1 amide bonds. The summed E-state index contributed by atoms with van der Waals surface area (Å²) in [5.74, 6) is -0.341. The lowest BCUT2D eigenvalue weighted by Gasteiger charge is -2.15. The van der Waals surface area contributed by atoms with Gasteiger partial charge in [0.1, 0.15) is 11.9 Å². The van der Waals surface area contributed by atoms with E-state index in [9.17, 15) is 4.79 Å². The first-order valence-corrected chi connectivity index (χ1v) is 2.96. The molecule has 0 saturated carbocycles. The van der Waals surface area contributed by atoms with Crippen LogP contribution < -0.4 is 16.8 Å². The molecule has 6 heteroatoms. The molecule has 1 heterocycles. The molecule has 0 aliphatic carbocycles. The molecule has 5 N–H and O–H groups in total. The Morgan fingerprint density at radius 1 is 1.70 bits per heavy atom. The molecule has 0 bridgehead atoms. The Morgan fingerprint density at radius 3 is 2.80 bits per heavy atom. The Kier molecular flexibility index (Phi) is 1.64. The molecule has 0 aromatic carbocycles. The van der Waals surface area contributed by atoms with Crippen LogP contribution in [0.25, 0.3) is 0 Å². The van der Waals surface area contributed by atoms with Gasteiger partial charge in [0, 0.05) is 0 Å². The molecule has 1 rings (SSSR count). The van der Waals surface area contributed by atoms with Gasteiger partial charge in [-0.05, 0) is 12.2 Å². The molecule has 1 unspecified atom stereocenters. The number of amides is 1. The third-order valence-electron chi connectivity index (χ3n) is 1.06. The highest BCUT2D eigenvalue weighted by molar-refractivity contribution is 7.80. The van der Waals surface area contributed by atoms with E-state index >= 15 is 0 Å². The average molecular weight is 158 g/mol. The molecule has 0 spiro atoms. The third kappa shape index (κ3) is 1.12. The number of hydrogen-bond acceptors (Lipinski definition) is 4. The predicted octanol–water partition coefficient (Wildman–Crippen LogP) is -1.91. The van der Waals surface area contributed by atoms with E-state index in [2.05, 4.69) is 22.5 Å². The van der Waals surface area contributed by atoms with Gasteiger partial charge in [-0.15, -0.1) is 0 Å². The van der Waals surface area contributed by atoms with Crippen molar-refractivity contribution in [2.75, 3.05) is 0 Å². The second kappa shape index (κ2) is 2.31. The SMILES string of the molecule is NC1=NC(=S)NC(=O)C1N. The van der Waals surface area contributed by atoms with Crippen LogP contribution in [0, 0.1) is 0 Å². The number of amidine groups is 1. The van der Waals surface area contributed by atoms with Gasteiger partial charge >= 0.3 is 0 Å². The largest absolute Gasteiger partial charge is 0.385 e. The molecule has 0 fully saturated rings. The number of rotatable bonds is 0. The summed E-state index contributed by atoms with van der Waals surface area (Å²) in [7, 11) is 0. The van der Waals surface area contributed by atoms with Crippen molar-refractivity contribution >= 4 is 29.1 Å². The fraction of sp³-hybridized carbons (Fsp3) is 0.250. The number of nitrogens with zero attached hydrogens (tertiary/aromatic N) is 1. The van der Waals surface area contributed by atoms with Crippen LogP contribution in [0.5, 0.6) is 0 Å². The molecular formula is C4H6N4OS. The Hall–Kier alpha value is -1.01. The van der Waals surface area contributed by atoms with Crippen molar-refractivity contribution in [2.24, 2.45) is 16.5 Å². The summed E-state index contributed by atoms with van der Waals surface area (Å²) in [4.78, 5) is 14.3. The first kappa shape index (κ1) is 7.10. The first-order chi connectivity index (χ1) is 4.61. The molecule has 1 aliphatic heterocycles. The summed E-state index contributed by atoms with van der Waals surface area (Å²) in [5, 5.41) is 2.33. The van der Waals surface area contributed by atoms with Crippen molar-refractivity contribution in [3.63, 3.8) is 0 Å². The minimum atomic E-state index is -0.855. The van der Waals surface area contributed by atoms with Gasteiger partial charge in [0.2, 0.25) is 5.11 Å². The number of nitrogens with two attached hydrogens (primary N) is 2. The van der Waals surface area contributed by atoms with Crippen molar-refractivity contribution in [1.82, 2.24) is 5.32 Å². The van der Waals surface area contributed by atoms with Crippen molar-refractivity contribution < 1.29 is 4.79 Å². The van der Waals surface area contributed by atoms with Crippen LogP contribution in [0.3, 0.4) is 0 Å². The Bertz CT molecular complexity index is 223. The first-order valence-electron chi connectivity index (χ1n) is 2.55. The molecule has 10 heavy (non-hydrogen) atoms. The van der Waals surface area contributed by atoms with Gasteiger partial charge in [-0.2, -0.15) is 0 Å². The van der Waals surface area contributed by atoms with Crippen molar-refractivity contribution in [2.45, 2.75) is 6.04 Å². The minimum absolute atomic E-state index is 0.0637. The van der Waals surface area contributed by atoms with Crippen LogP contribution in [-0.4, -0.2) is 22.9 Å². The van der Waals surface area contributed by atoms with Gasteiger partial charge in [0.25, 0.3) is 5.91 Å². The Morgan fingerprint density at radius 2 is 2.30 bits per heavy atom. The number of aliphatic imine (C=N–C) groups is 1. The molecule has 54 valence electrons. The fourth-order valence-corrected chi connectivity index (χ4v) is 0.738. The van der Waals surface area contributed by atoms with Crippen LogP contribution >= 0.6 is 12.2 Å². The molecule has 0 aromatic heterocycles. The van der Waals surface area contributed by atoms with Crippen LogP contribution in [0.2, 0.25) is 0 Å². The van der Waals surface area contributed by atoms with E-state index in [0.29, 0.717) is 0 Å². The van der Waals surface area contributed by atoms with Gasteiger partial charge in [-0.3, -0.25) is 10.1 Å². The molecule has 0 saturated heterocycles. The maximum Gasteiger partial charge on any atom is 0.250 e. The van der Waals surface area contributed by atoms with Crippen molar-refractivity contribution in [1.29, 1.82) is 0 Å². The maximum absolute atomic E-state index is 10.7. The highest BCUT2D eigenvalue weighted by Crippen LogP contribution is 1.90. The molecule has 1 aliphatic rings. The normalized spacial score (nSPS) is 25.7. The summed E-state index contributed by atoms with van der Waals surface area (Å²) in [5.41, 5.74) is 10.5. The van der Waals surface area contributed by atoms with E-state index in [1.54, 1.807) is 0 Å². The summed E-state index contributed by atoms with van der Waals surface area (Å²) in [6.45, 7) is 0. The minimum Gasteiger partial charge on any atom is -0.385 e. The van der Waals surface area contributed by atoms with E-state index in [1.165, 1.54) is 0 Å². The van der Waals surface area contributed by atoms with Gasteiger partial charge in [-0.1, -0.05) is 0 Å². The fourth-order valence-electron chi connectivity index (χ4n) is 0.532. The molecule has 5 nitrogen and oxygen atoms in total. The lowest BCUT2D eigenvalue weighted by molar-refractivity contribution is -0.119. The van der Waals surface area contributed by atoms with Gasteiger partial charge in [0.15, 0.2) is 0 Å². The number of hydrogen-bond donors (Lipinski definition) is 3. The molecule has 0 aromatic rings. The Balaban J connectivity index is 2.91. The van der Waals surface area contributed by atoms with Gasteiger partial charge < -0.3 is 11.5 Å². The van der Waals surface area contributed by atoms with E-state index < -0.39 is 11.9 Å². The van der Waals surface area contributed by atoms with Crippen LogP contribution in [0.4, 0.5) is 0 Å². The average Bonchev–Trinajstić information content (AvgIpc) is 1.82. The molecule has 1 atom stereocenters. The smallest absolute Gasteiger partial charge is 0.250 e. The monoisotopic (exact) mass is 158 g/mol. The zero-order valence-electron chi connectivity index (χ0n) is 5.00. The molecule has 0 radical (unpaired) electrons. The van der Waals surface area contributed by atoms with E-state index in [1.807, 2.05) is 0 Å². The van der Waals surface area contributed by atoms with Crippen molar-refractivity contribution in [3.05, 3.63) is 0 Å². The highest BCUT2D eigenvalue weighted by atomic mass is 32.1. The van der Waals surface area contributed by atoms with Crippen molar-refractivity contribution in [3.8, 4) is 0 Å². The lowest BCUT2D eigenvalue weighted by Crippen LogP contribution is -2.54. The van der Waals surface area contributed by atoms with E-state index in [-0.39, 0.29) is 10.9 Å². The lowest BCUT2D eigenvalue weighted by atomic mass is 10.2. The Labute approximate surface area is 62.5 Å². The summed E-state index contributed by atoms with van der Waals surface area (Å²) in [6, 6.07) is -0.855. The number of carbonyl (C=O) groups is 1. The number of thiocarbonyl (C=S) groups is 1. The highest BCUT2D eigenvalue weighted by Gasteiger charge is 2.22. The van der Waals surface area contributed by atoms with E-state index in [0.717, 1.165) is 0 Å². The van der Waals surface area contributed by atoms with Crippen LogP contribution in [-0.2, 0) is 4.79 Å². The maximum atomic E-state index is 10.7.